The maximum absolute atomic E-state index is 12.2. The zero-order chi connectivity index (χ0) is 17.8. The van der Waals surface area contributed by atoms with Crippen LogP contribution in [0.1, 0.15) is 44.3 Å². The van der Waals surface area contributed by atoms with Gasteiger partial charge in [-0.1, -0.05) is 44.3 Å². The van der Waals surface area contributed by atoms with Crippen LogP contribution in [-0.2, 0) is 17.7 Å². The Labute approximate surface area is 150 Å². The summed E-state index contributed by atoms with van der Waals surface area (Å²) >= 11 is 5.32. The third kappa shape index (κ3) is 4.07. The molecule has 7 nitrogen and oxygen atoms in total. The number of aryl methyl sites for hydroxylation is 1. The molecule has 0 aliphatic heterocycles. The largest absolute Gasteiger partial charge is 0.383 e. The number of rotatable bonds is 6. The summed E-state index contributed by atoms with van der Waals surface area (Å²) in [6, 6.07) is 0. The van der Waals surface area contributed by atoms with E-state index in [-0.39, 0.29) is 10.0 Å². The number of nitrogens with zero attached hydrogens (tertiary/aromatic N) is 2. The Hall–Kier alpha value is -1.80. The van der Waals surface area contributed by atoms with Crippen molar-refractivity contribution >= 4 is 23.3 Å². The third-order valence-electron chi connectivity index (χ3n) is 4.95. The lowest BCUT2D eigenvalue weighted by molar-refractivity contribution is 0.187. The van der Waals surface area contributed by atoms with E-state index in [0.717, 1.165) is 24.6 Å². The van der Waals surface area contributed by atoms with Crippen LogP contribution in [0.4, 0.5) is 0 Å². The van der Waals surface area contributed by atoms with Gasteiger partial charge in [0.1, 0.15) is 21.5 Å². The normalized spacial score (nSPS) is 15.7. The van der Waals surface area contributed by atoms with Gasteiger partial charge in [0.05, 0.1) is 13.2 Å². The molecule has 2 aromatic heterocycles. The highest BCUT2D eigenvalue weighted by Crippen LogP contribution is 2.27. The van der Waals surface area contributed by atoms with Gasteiger partial charge in [-0.3, -0.25) is 14.3 Å². The Morgan fingerprint density at radius 1 is 1.24 bits per heavy atom. The summed E-state index contributed by atoms with van der Waals surface area (Å²) in [5, 5.41) is 0.257. The molecule has 1 saturated carbocycles. The van der Waals surface area contributed by atoms with Gasteiger partial charge >= 0.3 is 5.69 Å². The molecule has 136 valence electrons. The second-order valence-electron chi connectivity index (χ2n) is 6.66. The van der Waals surface area contributed by atoms with E-state index in [9.17, 15) is 9.59 Å². The fraction of sp³-hybridized carbons (Fsp3) is 0.647. The number of hydrogen-bond acceptors (Lipinski definition) is 5. The smallest absolute Gasteiger partial charge is 0.330 e. The molecule has 0 unspecified atom stereocenters. The average molecular weight is 364 g/mol. The zero-order valence-corrected chi connectivity index (χ0v) is 15.3. The molecule has 8 heteroatoms. The molecule has 0 saturated heterocycles. The monoisotopic (exact) mass is 364 g/mol. The summed E-state index contributed by atoms with van der Waals surface area (Å²) in [5.74, 6) is 1.46. The highest BCUT2D eigenvalue weighted by atomic mass is 32.1. The van der Waals surface area contributed by atoms with E-state index in [1.54, 1.807) is 7.11 Å². The average Bonchev–Trinajstić information content (AvgIpc) is 2.60. The van der Waals surface area contributed by atoms with E-state index in [1.165, 1.54) is 36.7 Å². The Morgan fingerprint density at radius 2 is 2.00 bits per heavy atom. The standard InChI is InChI=1S/C17H24N4O3S/c1-24-10-9-21-14-13(15(22)20-17(21)23)16(25)19-12(18-14)8-7-11-5-3-2-4-6-11/h11H,2-10H2,1H3,(H,18,19,25)(H,20,22,23). The Kier molecular flexibility index (Phi) is 5.80. The summed E-state index contributed by atoms with van der Waals surface area (Å²) in [6.45, 7) is 0.696. The van der Waals surface area contributed by atoms with Gasteiger partial charge in [-0.25, -0.2) is 9.78 Å². The number of H-pyrrole nitrogens is 2. The molecule has 2 N–H and O–H groups in total. The van der Waals surface area contributed by atoms with E-state index in [2.05, 4.69) is 15.0 Å². The molecule has 1 aliphatic carbocycles. The predicted octanol–water partition coefficient (Wildman–Crippen LogP) is 2.30. The summed E-state index contributed by atoms with van der Waals surface area (Å²) in [5.41, 5.74) is -0.532. The SMILES string of the molecule is COCCn1c(=O)[nH]c(=O)c2c(=S)nc(CCC3CCCCC3)[nH]c21. The molecule has 0 bridgehead atoms. The minimum absolute atomic E-state index is 0.236. The molecule has 2 aromatic rings. The predicted molar refractivity (Wildman–Crippen MR) is 98.6 cm³/mol. The van der Waals surface area contributed by atoms with Crippen LogP contribution in [0.3, 0.4) is 0 Å². The topological polar surface area (TPSA) is 92.8 Å². The van der Waals surface area contributed by atoms with Gasteiger partial charge in [-0.05, 0) is 12.3 Å². The molecule has 2 heterocycles. The number of nitrogens with one attached hydrogen (secondary N) is 2. The molecule has 0 amide bonds. The summed E-state index contributed by atoms with van der Waals surface area (Å²) in [6.07, 6.45) is 8.31. The summed E-state index contributed by atoms with van der Waals surface area (Å²) in [7, 11) is 1.57. The molecule has 25 heavy (non-hydrogen) atoms. The van der Waals surface area contributed by atoms with Crippen LogP contribution in [0.25, 0.3) is 11.0 Å². The molecular formula is C17H24N4O3S. The van der Waals surface area contributed by atoms with Crippen molar-refractivity contribution in [3.05, 3.63) is 31.3 Å². The van der Waals surface area contributed by atoms with E-state index in [4.69, 9.17) is 17.0 Å². The first-order chi connectivity index (χ1) is 12.1. The van der Waals surface area contributed by atoms with Crippen molar-refractivity contribution in [2.75, 3.05) is 13.7 Å². The molecule has 0 atom stereocenters. The maximum atomic E-state index is 12.2. The minimum Gasteiger partial charge on any atom is -0.383 e. The van der Waals surface area contributed by atoms with Gasteiger partial charge in [0, 0.05) is 13.5 Å². The van der Waals surface area contributed by atoms with Crippen molar-refractivity contribution < 1.29 is 4.74 Å². The Bertz CT molecular complexity index is 909. The molecule has 0 radical (unpaired) electrons. The van der Waals surface area contributed by atoms with E-state index in [1.807, 2.05) is 0 Å². The van der Waals surface area contributed by atoms with Crippen LogP contribution in [0.5, 0.6) is 0 Å². The Balaban J connectivity index is 1.96. The number of aromatic nitrogens is 4. The number of aromatic amines is 2. The number of ether oxygens (including phenoxy) is 1. The minimum atomic E-state index is -0.499. The molecule has 3 rings (SSSR count). The van der Waals surface area contributed by atoms with Crippen molar-refractivity contribution in [1.29, 1.82) is 0 Å². The quantitative estimate of drug-likeness (QED) is 0.767. The van der Waals surface area contributed by atoms with Crippen molar-refractivity contribution in [2.45, 2.75) is 51.5 Å². The highest BCUT2D eigenvalue weighted by Gasteiger charge is 2.15. The van der Waals surface area contributed by atoms with Gasteiger partial charge in [0.25, 0.3) is 5.56 Å². The van der Waals surface area contributed by atoms with Crippen molar-refractivity contribution in [2.24, 2.45) is 5.92 Å². The van der Waals surface area contributed by atoms with Crippen LogP contribution in [0.15, 0.2) is 9.59 Å². The first kappa shape index (κ1) is 18.0. The second-order valence-corrected chi connectivity index (χ2v) is 7.05. The van der Waals surface area contributed by atoms with Crippen molar-refractivity contribution in [1.82, 2.24) is 19.5 Å². The first-order valence-electron chi connectivity index (χ1n) is 8.85. The van der Waals surface area contributed by atoms with Gasteiger partial charge in [0.15, 0.2) is 0 Å². The van der Waals surface area contributed by atoms with E-state index in [0.29, 0.717) is 18.8 Å². The molecule has 0 aromatic carbocycles. The lowest BCUT2D eigenvalue weighted by atomic mass is 9.86. The molecule has 1 aliphatic rings. The number of fused-ring (bicyclic) bond motifs is 1. The van der Waals surface area contributed by atoms with E-state index < -0.39 is 11.2 Å². The van der Waals surface area contributed by atoms with Crippen molar-refractivity contribution in [3.63, 3.8) is 0 Å². The zero-order valence-electron chi connectivity index (χ0n) is 14.5. The van der Waals surface area contributed by atoms with E-state index >= 15 is 0 Å². The van der Waals surface area contributed by atoms with Crippen molar-refractivity contribution in [3.8, 4) is 0 Å². The highest BCUT2D eigenvalue weighted by molar-refractivity contribution is 7.71. The number of hydrogen-bond donors (Lipinski definition) is 2. The fourth-order valence-corrected chi connectivity index (χ4v) is 3.87. The lowest BCUT2D eigenvalue weighted by Crippen LogP contribution is -2.32. The maximum Gasteiger partial charge on any atom is 0.330 e. The third-order valence-corrected chi connectivity index (χ3v) is 5.24. The molecule has 1 fully saturated rings. The summed E-state index contributed by atoms with van der Waals surface area (Å²) in [4.78, 5) is 34.2. The Morgan fingerprint density at radius 3 is 2.72 bits per heavy atom. The first-order valence-corrected chi connectivity index (χ1v) is 9.26. The van der Waals surface area contributed by atoms with Crippen LogP contribution in [0, 0.1) is 10.6 Å². The van der Waals surface area contributed by atoms with Gasteiger partial charge in [-0.15, -0.1) is 0 Å². The second kappa shape index (κ2) is 8.05. The van der Waals surface area contributed by atoms with Crippen LogP contribution >= 0.6 is 12.2 Å². The van der Waals surface area contributed by atoms with Crippen LogP contribution in [-0.4, -0.2) is 33.2 Å². The molecular weight excluding hydrogens is 340 g/mol. The van der Waals surface area contributed by atoms with Crippen LogP contribution < -0.4 is 11.2 Å². The lowest BCUT2D eigenvalue weighted by Gasteiger charge is -2.21. The van der Waals surface area contributed by atoms with Gasteiger partial charge < -0.3 is 9.72 Å². The summed E-state index contributed by atoms with van der Waals surface area (Å²) < 4.78 is 6.76. The van der Waals surface area contributed by atoms with Crippen LogP contribution in [0.2, 0.25) is 0 Å². The fourth-order valence-electron chi connectivity index (χ4n) is 3.57. The van der Waals surface area contributed by atoms with Gasteiger partial charge in [-0.2, -0.15) is 0 Å². The van der Waals surface area contributed by atoms with Gasteiger partial charge in [0.2, 0.25) is 0 Å². The molecule has 0 spiro atoms. The number of methoxy groups -OCH3 is 1.